The minimum atomic E-state index is -0.229. The van der Waals surface area contributed by atoms with Crippen LogP contribution < -0.4 is 0 Å². The summed E-state index contributed by atoms with van der Waals surface area (Å²) in [5.74, 6) is -0.229. The van der Waals surface area contributed by atoms with E-state index < -0.39 is 0 Å². The Hall–Kier alpha value is -2.09. The van der Waals surface area contributed by atoms with Crippen LogP contribution in [0.4, 0.5) is 0 Å². The van der Waals surface area contributed by atoms with Crippen LogP contribution in [0.5, 0.6) is 0 Å². The minimum absolute atomic E-state index is 0.0387. The summed E-state index contributed by atoms with van der Waals surface area (Å²) in [6, 6.07) is 17.6. The average molecular weight is 310 g/mol. The zero-order chi connectivity index (χ0) is 16.5. The predicted molar refractivity (Wildman–Crippen MR) is 95.5 cm³/mol. The van der Waals surface area contributed by atoms with Crippen molar-refractivity contribution in [2.75, 3.05) is 0 Å². The van der Waals surface area contributed by atoms with Crippen molar-refractivity contribution in [3.8, 4) is 11.1 Å². The van der Waals surface area contributed by atoms with Crippen molar-refractivity contribution in [3.63, 3.8) is 0 Å². The molecule has 23 heavy (non-hydrogen) atoms. The van der Waals surface area contributed by atoms with Crippen molar-refractivity contribution in [3.05, 3.63) is 60.2 Å². The number of rotatable bonds is 8. The fourth-order valence-electron chi connectivity index (χ4n) is 2.69. The first-order chi connectivity index (χ1) is 11.2. The van der Waals surface area contributed by atoms with Crippen LogP contribution in [0.25, 0.3) is 11.1 Å². The highest BCUT2D eigenvalue weighted by molar-refractivity contribution is 5.97. The lowest BCUT2D eigenvalue weighted by atomic mass is 10.00. The quantitative estimate of drug-likeness (QED) is 0.450. The number of benzene rings is 2. The van der Waals surface area contributed by atoms with Crippen LogP contribution in [0.1, 0.15) is 56.3 Å². The maximum absolute atomic E-state index is 12.5. The molecule has 0 radical (unpaired) electrons. The average Bonchev–Trinajstić information content (AvgIpc) is 2.59. The van der Waals surface area contributed by atoms with Crippen LogP contribution in [-0.4, -0.2) is 12.1 Å². The summed E-state index contributed by atoms with van der Waals surface area (Å²) in [7, 11) is 0. The molecule has 0 aliphatic heterocycles. The molecule has 2 nitrogen and oxygen atoms in total. The molecule has 0 aliphatic carbocycles. The highest BCUT2D eigenvalue weighted by atomic mass is 16.5. The van der Waals surface area contributed by atoms with Crippen molar-refractivity contribution in [1.29, 1.82) is 0 Å². The third-order valence-electron chi connectivity index (χ3n) is 4.00. The maximum Gasteiger partial charge on any atom is 0.339 e. The Morgan fingerprint density at radius 3 is 2.39 bits per heavy atom. The SMILES string of the molecule is CCCCCCC(C)OC(=O)c1ccccc1-c1ccccc1. The third kappa shape index (κ3) is 5.24. The maximum atomic E-state index is 12.5. The molecule has 0 saturated heterocycles. The van der Waals surface area contributed by atoms with Crippen LogP contribution in [0, 0.1) is 0 Å². The molecule has 0 aliphatic rings. The molecule has 2 heteroatoms. The highest BCUT2D eigenvalue weighted by Gasteiger charge is 2.16. The zero-order valence-corrected chi connectivity index (χ0v) is 14.1. The predicted octanol–water partition coefficient (Wildman–Crippen LogP) is 5.87. The first-order valence-electron chi connectivity index (χ1n) is 8.57. The number of ether oxygens (including phenoxy) is 1. The lowest BCUT2D eigenvalue weighted by Gasteiger charge is -2.15. The standard InChI is InChI=1S/C21H26O2/c1-3-4-5-7-12-17(2)23-21(22)20-16-11-10-15-19(20)18-13-8-6-9-14-18/h6,8-11,13-17H,3-5,7,12H2,1-2H3. The summed E-state index contributed by atoms with van der Waals surface area (Å²) >= 11 is 0. The largest absolute Gasteiger partial charge is 0.459 e. The van der Waals surface area contributed by atoms with Crippen LogP contribution in [-0.2, 0) is 4.74 Å². The van der Waals surface area contributed by atoms with Gasteiger partial charge in [-0.05, 0) is 37.0 Å². The second-order valence-electron chi connectivity index (χ2n) is 5.98. The van der Waals surface area contributed by atoms with E-state index in [2.05, 4.69) is 6.92 Å². The topological polar surface area (TPSA) is 26.3 Å². The van der Waals surface area contributed by atoms with Gasteiger partial charge in [0.1, 0.15) is 0 Å². The Morgan fingerprint density at radius 1 is 0.957 bits per heavy atom. The number of hydrogen-bond donors (Lipinski definition) is 0. The van der Waals surface area contributed by atoms with E-state index in [4.69, 9.17) is 4.74 Å². The normalized spacial score (nSPS) is 11.9. The second kappa shape index (κ2) is 9.14. The van der Waals surface area contributed by atoms with Gasteiger partial charge in [0.25, 0.3) is 0 Å². The number of carbonyl (C=O) groups is 1. The van der Waals surface area contributed by atoms with Gasteiger partial charge in [-0.25, -0.2) is 4.79 Å². The van der Waals surface area contributed by atoms with Crippen LogP contribution >= 0.6 is 0 Å². The van der Waals surface area contributed by atoms with Gasteiger partial charge in [-0.2, -0.15) is 0 Å². The third-order valence-corrected chi connectivity index (χ3v) is 4.00. The lowest BCUT2D eigenvalue weighted by molar-refractivity contribution is 0.0320. The van der Waals surface area contributed by atoms with Crippen molar-refractivity contribution in [2.24, 2.45) is 0 Å². The van der Waals surface area contributed by atoms with Crippen LogP contribution in [0.2, 0.25) is 0 Å². The molecule has 2 aromatic rings. The van der Waals surface area contributed by atoms with Crippen molar-refractivity contribution < 1.29 is 9.53 Å². The van der Waals surface area contributed by atoms with Gasteiger partial charge < -0.3 is 4.74 Å². The number of carbonyl (C=O) groups excluding carboxylic acids is 1. The van der Waals surface area contributed by atoms with E-state index in [9.17, 15) is 4.79 Å². The first-order valence-corrected chi connectivity index (χ1v) is 8.57. The summed E-state index contributed by atoms with van der Waals surface area (Å²) in [5, 5.41) is 0. The van der Waals surface area contributed by atoms with E-state index >= 15 is 0 Å². The second-order valence-corrected chi connectivity index (χ2v) is 5.98. The first kappa shape index (κ1) is 17.3. The summed E-state index contributed by atoms with van der Waals surface area (Å²) in [6.45, 7) is 4.18. The molecular formula is C21H26O2. The highest BCUT2D eigenvalue weighted by Crippen LogP contribution is 2.24. The Bertz CT molecular complexity index is 604. The molecule has 0 fully saturated rings. The zero-order valence-electron chi connectivity index (χ0n) is 14.1. The molecule has 0 saturated carbocycles. The van der Waals surface area contributed by atoms with Crippen molar-refractivity contribution in [1.82, 2.24) is 0 Å². The summed E-state index contributed by atoms with van der Waals surface area (Å²) in [6.07, 6.45) is 5.68. The van der Waals surface area contributed by atoms with Gasteiger partial charge in [-0.3, -0.25) is 0 Å². The molecular weight excluding hydrogens is 284 g/mol. The fraction of sp³-hybridized carbons (Fsp3) is 0.381. The molecule has 0 bridgehead atoms. The molecule has 0 N–H and O–H groups in total. The molecule has 0 amide bonds. The van der Waals surface area contributed by atoms with Gasteiger partial charge >= 0.3 is 5.97 Å². The monoisotopic (exact) mass is 310 g/mol. The lowest BCUT2D eigenvalue weighted by Crippen LogP contribution is -2.15. The van der Waals surface area contributed by atoms with Crippen LogP contribution in [0.3, 0.4) is 0 Å². The van der Waals surface area contributed by atoms with Gasteiger partial charge in [-0.1, -0.05) is 74.7 Å². The van der Waals surface area contributed by atoms with E-state index in [1.165, 1.54) is 19.3 Å². The van der Waals surface area contributed by atoms with Gasteiger partial charge in [0.2, 0.25) is 0 Å². The van der Waals surface area contributed by atoms with E-state index in [0.29, 0.717) is 5.56 Å². The fourth-order valence-corrected chi connectivity index (χ4v) is 2.69. The molecule has 0 heterocycles. The van der Waals surface area contributed by atoms with E-state index in [0.717, 1.165) is 24.0 Å². The van der Waals surface area contributed by atoms with Gasteiger partial charge in [0.05, 0.1) is 11.7 Å². The molecule has 1 atom stereocenters. The van der Waals surface area contributed by atoms with Crippen LogP contribution in [0.15, 0.2) is 54.6 Å². The number of unbranched alkanes of at least 4 members (excludes halogenated alkanes) is 3. The Labute approximate surface area is 139 Å². The number of hydrogen-bond acceptors (Lipinski definition) is 2. The molecule has 2 rings (SSSR count). The Balaban J connectivity index is 2.03. The number of esters is 1. The van der Waals surface area contributed by atoms with Crippen molar-refractivity contribution in [2.45, 2.75) is 52.1 Å². The van der Waals surface area contributed by atoms with E-state index in [1.54, 1.807) is 0 Å². The van der Waals surface area contributed by atoms with Gasteiger partial charge in [0, 0.05) is 0 Å². The van der Waals surface area contributed by atoms with Crippen molar-refractivity contribution >= 4 is 5.97 Å². The molecule has 0 spiro atoms. The van der Waals surface area contributed by atoms with Gasteiger partial charge in [0.15, 0.2) is 0 Å². The molecule has 1 unspecified atom stereocenters. The molecule has 0 aromatic heterocycles. The smallest absolute Gasteiger partial charge is 0.339 e. The molecule has 122 valence electrons. The summed E-state index contributed by atoms with van der Waals surface area (Å²) in [5.41, 5.74) is 2.60. The Kier molecular flexibility index (Phi) is 6.86. The summed E-state index contributed by atoms with van der Waals surface area (Å²) < 4.78 is 5.64. The Morgan fingerprint density at radius 2 is 1.65 bits per heavy atom. The summed E-state index contributed by atoms with van der Waals surface area (Å²) in [4.78, 5) is 12.5. The minimum Gasteiger partial charge on any atom is -0.459 e. The van der Waals surface area contributed by atoms with E-state index in [-0.39, 0.29) is 12.1 Å². The van der Waals surface area contributed by atoms with Gasteiger partial charge in [-0.15, -0.1) is 0 Å². The van der Waals surface area contributed by atoms with E-state index in [1.807, 2.05) is 61.5 Å². The molecule has 2 aromatic carbocycles.